The van der Waals surface area contributed by atoms with Crippen LogP contribution in [-0.4, -0.2) is 228 Å². The lowest BCUT2D eigenvalue weighted by Crippen LogP contribution is -2.39. The summed E-state index contributed by atoms with van der Waals surface area (Å²) in [7, 11) is 15.5. The zero-order chi connectivity index (χ0) is 112. The van der Waals surface area contributed by atoms with E-state index in [1.807, 2.05) is 291 Å². The van der Waals surface area contributed by atoms with Gasteiger partial charge in [-0.15, -0.1) is 0 Å². The monoisotopic (exact) mass is 2060 g/mol. The first-order valence-corrected chi connectivity index (χ1v) is 49.8. The van der Waals surface area contributed by atoms with E-state index in [1.54, 1.807) is 107 Å². The van der Waals surface area contributed by atoms with Crippen LogP contribution in [0.4, 0.5) is 27.9 Å². The van der Waals surface area contributed by atoms with E-state index in [2.05, 4.69) is 135 Å². The molecule has 0 amide bonds. The van der Waals surface area contributed by atoms with Gasteiger partial charge in [0, 0.05) is 206 Å². The molecule has 1 atom stereocenters. The van der Waals surface area contributed by atoms with Crippen molar-refractivity contribution in [2.75, 3.05) is 112 Å². The van der Waals surface area contributed by atoms with Crippen molar-refractivity contribution in [3.8, 4) is 0 Å². The molecule has 1 unspecified atom stereocenters. The first kappa shape index (κ1) is 133. The first-order chi connectivity index (χ1) is 71.2. The van der Waals surface area contributed by atoms with Crippen molar-refractivity contribution in [3.05, 3.63) is 369 Å². The molecule has 16 rings (SSSR count). The highest BCUT2D eigenvalue weighted by atomic mass is 19.1. The van der Waals surface area contributed by atoms with Crippen LogP contribution in [0.15, 0.2) is 239 Å². The maximum absolute atomic E-state index is 12.5. The molecule has 0 bridgehead atoms. The number of nitrogens with two attached hydrogens (primary N) is 4. The molecule has 14 N–H and O–H groups in total. The van der Waals surface area contributed by atoms with Crippen LogP contribution in [0, 0.1) is 127 Å². The number of nitrogen functional groups attached to an aromatic ring is 3. The van der Waals surface area contributed by atoms with Crippen molar-refractivity contribution in [1.29, 1.82) is 10.8 Å². The molecule has 0 aliphatic carbocycles. The number of hydrogen-bond donors (Lipinski definition) is 10. The minimum absolute atomic E-state index is 0.137. The Bertz CT molecular complexity index is 5550. The van der Waals surface area contributed by atoms with Crippen molar-refractivity contribution in [2.45, 2.75) is 222 Å². The second kappa shape index (κ2) is 78.3. The van der Waals surface area contributed by atoms with Crippen LogP contribution in [0.1, 0.15) is 184 Å². The summed E-state index contributed by atoms with van der Waals surface area (Å²) in [5, 5.41) is 44.9. The van der Waals surface area contributed by atoms with Gasteiger partial charge in [-0.05, 0) is 364 Å². The quantitative estimate of drug-likeness (QED) is 0.0209. The lowest BCUT2D eigenvalue weighted by molar-refractivity contribution is -0.910. The van der Waals surface area contributed by atoms with Gasteiger partial charge in [0.2, 0.25) is 48.6 Å². The highest BCUT2D eigenvalue weighted by Crippen LogP contribution is 2.16. The Morgan fingerprint density at radius 3 is 1.26 bits per heavy atom. The summed E-state index contributed by atoms with van der Waals surface area (Å²) < 4.78 is 26.2. The largest absolute Gasteiger partial charge is 0.384 e. The molecule has 150 heavy (non-hydrogen) atoms. The van der Waals surface area contributed by atoms with Crippen LogP contribution in [0.3, 0.4) is 0 Å². The predicted molar refractivity (Wildman–Crippen MR) is 601 cm³/mol. The number of piperidine rings is 1. The van der Waals surface area contributed by atoms with E-state index in [0.29, 0.717) is 48.0 Å². The van der Waals surface area contributed by atoms with Crippen LogP contribution in [0.2, 0.25) is 0 Å². The molecule has 13 aromatic heterocycles. The highest BCUT2D eigenvalue weighted by molar-refractivity contribution is 5.76. The number of ether oxygens (including phenoxy) is 2. The van der Waals surface area contributed by atoms with Gasteiger partial charge >= 0.3 is 0 Å². The maximum Gasteiger partial charge on any atom is 0.248 e. The van der Waals surface area contributed by atoms with E-state index in [0.717, 1.165) is 202 Å². The summed E-state index contributed by atoms with van der Waals surface area (Å²) in [6, 6.07) is 43.3. The number of methoxy groups -OCH3 is 2. The number of hydrogen-bond acceptors (Lipinski definition) is 30. The summed E-state index contributed by atoms with van der Waals surface area (Å²) in [4.78, 5) is 70.0. The Hall–Kier alpha value is -15.0. The molecule has 36 heteroatoms. The topological polar surface area (TPSA) is 464 Å². The van der Waals surface area contributed by atoms with E-state index < -0.39 is 0 Å². The van der Waals surface area contributed by atoms with Crippen molar-refractivity contribution in [2.24, 2.45) is 5.73 Å². The molecule has 0 spiro atoms. The fraction of sp³-hybridized carbons (Fsp3) is 0.404. The smallest absolute Gasteiger partial charge is 0.248 e. The number of aromatic nitrogens is 18. The molecule has 812 valence electrons. The van der Waals surface area contributed by atoms with E-state index in [9.17, 15) is 9.60 Å². The third-order valence-electron chi connectivity index (χ3n) is 20.8. The lowest BCUT2D eigenvalue weighted by Gasteiger charge is -2.31. The zero-order valence-electron chi connectivity index (χ0n) is 94.4. The number of benzene rings is 1. The number of amidine groups is 2. The molecule has 35 nitrogen and oxygen atoms in total. The minimum atomic E-state index is -0.137. The van der Waals surface area contributed by atoms with Gasteiger partial charge in [0.1, 0.15) is 35.4 Å². The molecule has 14 aromatic rings. The summed E-state index contributed by atoms with van der Waals surface area (Å²) in [6.45, 7) is 49.4. The summed E-state index contributed by atoms with van der Waals surface area (Å²) >= 11 is 0. The Labute approximate surface area is 892 Å². The number of likely N-dealkylation sites (tertiary alicyclic amines) is 2. The molecule has 2 aliphatic heterocycles. The van der Waals surface area contributed by atoms with Crippen LogP contribution in [0.25, 0.3) is 0 Å². The highest BCUT2D eigenvalue weighted by Gasteiger charge is 2.22. The number of nitrogens with one attached hydrogen (secondary N) is 3. The number of rotatable bonds is 14. The average molecular weight is 2060 g/mol. The number of nitrogens with zero attached hydrogens (tertiary/aromatic N) is 23. The van der Waals surface area contributed by atoms with Gasteiger partial charge in [-0.3, -0.25) is 46.3 Å². The molecular formula is C114H172FN30O5+3. The summed E-state index contributed by atoms with van der Waals surface area (Å²) in [5.74, 6) is 5.16. The SMILES string of the molecule is CCCNc1nccc(C)n1.CCc1c[n+](O)ccc1C.CCc1cc(F)ccc1C.COC1CCN(C(C)=N)C1.COC1CCN(C(C)=N)CC1.Cc1cc[n+](O)c(CN(C)C)c1.Cc1cc[n+](O)cc1.Cc1ccnc(C)c1.Cc1ccnc(C)n1.Cc1ccnc(CN(C)C)c1.Cc1ccnc(CN(C)C)n1.Cc1ccnc(CN)c1.Cc1ccnc(N)c1.Cc1ccnc(N)c1.Cc1ccnc(N)n1.Cc1ccncn1. The predicted octanol–water partition coefficient (Wildman–Crippen LogP) is 17.3. The van der Waals surface area contributed by atoms with Gasteiger partial charge in [0.15, 0.2) is 0 Å². The van der Waals surface area contributed by atoms with E-state index in [4.69, 9.17) is 53.6 Å². The van der Waals surface area contributed by atoms with Crippen molar-refractivity contribution in [3.63, 3.8) is 0 Å². The first-order valence-electron chi connectivity index (χ1n) is 49.8. The standard InChI is InChI=1S/C9H11F.C9H15N2O.C9H14N2.2C8H13N3.C8H16N2O.C8H12NO.C7H14N2O.C7H10N2.C7H9N.3C6H8N2.C6H8NO.C5H7N3.C5H6N2/c1-3-8-6-9(10)5-4-7(8)2;1-8-4-5-11(12)9(6-8)7-10(2)3;1-8-4-5-10-9(6-8)7-11(2)3;1-7-4-5-9-8(10-7)6-11(2)3;1-3-5-9-8-10-6-4-7(2)11-8;1-7(9)10-5-3-8(11-2)4-6-10;1-3-8-6-9(10)5-4-7(8)2;1-6(8)9-4-3-7(5-9)10-2;1-6-2-3-9-7(4-6)5-8;1-6-3-4-8-7(2)5-6;1-5-3-4-7-6(2)8-5;2*1-5-2-3-8-6(7)4-5;1-6-2-4-7(8)5-3-6;1-4-2-3-7-5(6)8-4;1-5-2-3-6-4-7-5/h4-6H,3H2,1-2H3;4-6,12H,7H2,1-3H3;4-6H,7H2,1-3H3;4-5H,6H2,1-3H3;4,6H,3,5H2,1-2H3,(H,9,10,11);8-9H,3-6H2,1-2H3;4-6,10H,3H2,1-2H3;7-8H,3-5H2,1-2H3;2-4H,5,8H2,1H3;3-5H,1-2H3;3-4H,1-2H3;2*2-4H,1H3,(H2,7,8);2-5,8H,1H3;2-3H,1H3,(H2,6,7,8);2-4H,1H3/q;+1;;;;;+1;;;;;;;+1;;. The number of aryl methyl sites for hydroxylation is 18. The number of anilines is 4. The molecule has 15 heterocycles. The summed E-state index contributed by atoms with van der Waals surface area (Å²) in [6.07, 6.45) is 34.2. The Morgan fingerprint density at radius 2 is 0.880 bits per heavy atom. The maximum atomic E-state index is 12.5. The van der Waals surface area contributed by atoms with Crippen LogP contribution in [0.5, 0.6) is 0 Å². The Morgan fingerprint density at radius 1 is 0.427 bits per heavy atom. The van der Waals surface area contributed by atoms with E-state index >= 15 is 0 Å². The fourth-order valence-corrected chi connectivity index (χ4v) is 12.8. The van der Waals surface area contributed by atoms with Gasteiger partial charge in [-0.25, -0.2) is 64.2 Å². The Kier molecular flexibility index (Phi) is 69.5. The van der Waals surface area contributed by atoms with Gasteiger partial charge < -0.3 is 57.3 Å². The second-order valence-electron chi connectivity index (χ2n) is 36.1. The van der Waals surface area contributed by atoms with Gasteiger partial charge in [-0.1, -0.05) is 26.8 Å². The van der Waals surface area contributed by atoms with Gasteiger partial charge in [0.25, 0.3) is 0 Å². The van der Waals surface area contributed by atoms with E-state index in [-0.39, 0.29) is 5.82 Å². The van der Waals surface area contributed by atoms with Gasteiger partial charge in [0.05, 0.1) is 48.4 Å². The molecule has 1 aromatic carbocycles. The van der Waals surface area contributed by atoms with E-state index in [1.165, 1.54) is 45.8 Å². The number of pyridine rings is 8. The van der Waals surface area contributed by atoms with Crippen LogP contribution < -0.4 is 42.4 Å². The summed E-state index contributed by atoms with van der Waals surface area (Å²) in [5.41, 5.74) is 43.4. The molecule has 2 saturated heterocycles. The van der Waals surface area contributed by atoms with Gasteiger partial charge in [-0.2, -0.15) is 0 Å². The third-order valence-corrected chi connectivity index (χ3v) is 20.8. The zero-order valence-corrected chi connectivity index (χ0v) is 94.4. The minimum Gasteiger partial charge on any atom is -0.384 e. The average Bonchev–Trinajstić information content (AvgIpc) is 0.933. The van der Waals surface area contributed by atoms with Crippen LogP contribution in [-0.2, 0) is 48.5 Å². The van der Waals surface area contributed by atoms with Crippen molar-refractivity contribution < 1.29 is 43.7 Å². The molecule has 0 radical (unpaired) electrons. The lowest BCUT2D eigenvalue weighted by atomic mass is 10.1. The van der Waals surface area contributed by atoms with Crippen molar-refractivity contribution >= 4 is 35.2 Å². The second-order valence-corrected chi connectivity index (χ2v) is 36.1. The molecule has 0 saturated carbocycles. The van der Waals surface area contributed by atoms with Crippen molar-refractivity contribution in [1.82, 2.24) is 99.3 Å². The number of halogens is 1. The molecule has 2 aliphatic rings. The normalized spacial score (nSPS) is 11.5. The fourth-order valence-electron chi connectivity index (χ4n) is 12.8. The van der Waals surface area contributed by atoms with Crippen LogP contribution >= 0.6 is 0 Å². The molecular weight excluding hydrogens is 1890 g/mol. The Balaban J connectivity index is 0.000000801. The third kappa shape index (κ3) is 67.8. The molecule has 2 fully saturated rings.